The van der Waals surface area contributed by atoms with Gasteiger partial charge in [-0.05, 0) is 138 Å². The number of para-hydroxylation sites is 7. The Kier molecular flexibility index (Phi) is 19.3. The van der Waals surface area contributed by atoms with Crippen molar-refractivity contribution in [1.29, 1.82) is 0 Å². The van der Waals surface area contributed by atoms with Gasteiger partial charge in [0, 0.05) is 170 Å². The van der Waals surface area contributed by atoms with Crippen molar-refractivity contribution in [3.05, 3.63) is 479 Å². The van der Waals surface area contributed by atoms with Crippen LogP contribution in [0.5, 0.6) is 0 Å². The zero-order chi connectivity index (χ0) is 95.3. The Bertz CT molecular complexity index is 10600. The van der Waals surface area contributed by atoms with Crippen LogP contribution in [0.3, 0.4) is 0 Å². The molecule has 0 bridgehead atoms. The lowest BCUT2D eigenvalue weighted by Crippen LogP contribution is -1.96. The highest BCUT2D eigenvalue weighted by atomic mass is 32.1. The third kappa shape index (κ3) is 13.7. The third-order valence-electron chi connectivity index (χ3n) is 28.7. The van der Waals surface area contributed by atoms with E-state index in [2.05, 4.69) is 384 Å². The molecule has 31 rings (SSSR count). The van der Waals surface area contributed by atoms with Gasteiger partial charge in [0.15, 0.2) is 17.5 Å². The number of benzene rings is 21. The van der Waals surface area contributed by atoms with E-state index in [4.69, 9.17) is 43.2 Å². The van der Waals surface area contributed by atoms with Crippen LogP contribution < -0.4 is 0 Å². The third-order valence-corrected chi connectivity index (χ3v) is 29.9. The molecule has 0 amide bonds. The Balaban J connectivity index is 0.000000104. The molecule has 13 heteroatoms. The first-order valence-electron chi connectivity index (χ1n) is 48.8. The van der Waals surface area contributed by atoms with E-state index < -0.39 is 0 Å². The Hall–Kier alpha value is -19.3. The molecule has 12 nitrogen and oxygen atoms in total. The SMILES string of the molecule is c1ccc(-c2ccc(-c3nc(-c4cccc5oc6cc(-n7c8ccccc8c8c9sc%10ccccc%10c9ccc87)ccc6c45)nc4ccccc34)cc2)cc1.c1ccc(-c2ccc3c4ccccc4n(-c4ccc5c(c4)oc4cccc(-c6nc(-c7ccccc7)c7ccccc7n6)c45)c3c2)cc1.c1ccc(-c2nc(-c3cccc4oc5cc(-n6c7ccccc7c7ccccc76)ccc5c34)nc3ccccc23)cc1. The lowest BCUT2D eigenvalue weighted by Gasteiger charge is -2.11. The quantitative estimate of drug-likeness (QED) is 0.124. The monoisotopic (exact) mass is 1870 g/mol. The van der Waals surface area contributed by atoms with E-state index in [1.165, 1.54) is 96.8 Å². The molecule has 0 aliphatic rings. The van der Waals surface area contributed by atoms with Crippen LogP contribution in [0.2, 0.25) is 0 Å². The van der Waals surface area contributed by atoms with Crippen LogP contribution in [-0.4, -0.2) is 43.6 Å². The Morgan fingerprint density at radius 2 is 0.476 bits per heavy atom. The topological polar surface area (TPSA) is 132 Å². The minimum atomic E-state index is 0.674. The molecule has 0 radical (unpaired) electrons. The number of furan rings is 3. The van der Waals surface area contributed by atoms with E-state index >= 15 is 0 Å². The predicted octanol–water partition coefficient (Wildman–Crippen LogP) is 35.6. The highest BCUT2D eigenvalue weighted by Gasteiger charge is 2.27. The number of fused-ring (bicyclic) bond motifs is 25. The van der Waals surface area contributed by atoms with Crippen molar-refractivity contribution >= 4 is 195 Å². The van der Waals surface area contributed by atoms with Crippen molar-refractivity contribution in [2.24, 2.45) is 0 Å². The van der Waals surface area contributed by atoms with Gasteiger partial charge in [-0.2, -0.15) is 0 Å². The van der Waals surface area contributed by atoms with Gasteiger partial charge in [0.25, 0.3) is 0 Å². The van der Waals surface area contributed by atoms with E-state index in [0.717, 1.165) is 177 Å². The molecule has 0 unspecified atom stereocenters. The zero-order valence-electron chi connectivity index (χ0n) is 77.8. The summed E-state index contributed by atoms with van der Waals surface area (Å²) in [5.41, 5.74) is 31.4. The molecule has 145 heavy (non-hydrogen) atoms. The van der Waals surface area contributed by atoms with Crippen molar-refractivity contribution in [1.82, 2.24) is 43.6 Å². The van der Waals surface area contributed by atoms with E-state index in [0.29, 0.717) is 17.5 Å². The number of thiophene rings is 1. The summed E-state index contributed by atoms with van der Waals surface area (Å²) in [5.74, 6) is 2.04. The minimum absolute atomic E-state index is 0.674. The molecule has 0 N–H and O–H groups in total. The molecular weight excluding hydrogens is 1790 g/mol. The average molecular weight is 1870 g/mol. The van der Waals surface area contributed by atoms with Gasteiger partial charge < -0.3 is 27.0 Å². The number of rotatable bonds is 11. The second kappa shape index (κ2) is 33.7. The first kappa shape index (κ1) is 82.7. The highest BCUT2D eigenvalue weighted by Crippen LogP contribution is 2.49. The first-order valence-corrected chi connectivity index (χ1v) is 49.6. The summed E-state index contributed by atoms with van der Waals surface area (Å²) in [4.78, 5) is 30.9. The van der Waals surface area contributed by atoms with Crippen LogP contribution in [0.4, 0.5) is 0 Å². The van der Waals surface area contributed by atoms with Gasteiger partial charge >= 0.3 is 0 Å². The molecule has 0 saturated carbocycles. The molecule has 0 aliphatic heterocycles. The Labute approximate surface area is 832 Å². The van der Waals surface area contributed by atoms with Crippen molar-refractivity contribution < 1.29 is 13.3 Å². The Morgan fingerprint density at radius 1 is 0.172 bits per heavy atom. The standard InChI is InChI=1S/C50H29N3OS.C44H27N3O.C38H23N3O/c1-2-11-30(12-3-1)31-21-23-32(24-22-31)48-36-14-4-7-17-40(36)51-50(52-48)39-16-10-19-43-46(39)38-26-25-33(29-44(38)54-43)53-41-18-8-5-15-37(41)47-42(53)28-27-35-34-13-6-9-20-45(34)55-49(35)47;1-3-12-28(13-4-1)30-22-24-33-32-16-8-10-20-38(32)47(39(33)26-30)31-23-25-35-41(27-31)48-40-21-11-18-36(42(35)40)44-45-37-19-9-7-17-34(37)43(46-44)29-14-5-2-6-15-29;1-2-11-24(12-3-1)37-28-15-4-7-17-31(28)39-38(40-37)30-16-10-20-34-36(30)29-22-21-25(23-35(29)42-34)41-32-18-8-5-13-26(32)27-14-6-9-19-33(27)41/h1-29H;1-27H;1-23H. The first-order chi connectivity index (χ1) is 71.9. The van der Waals surface area contributed by atoms with Crippen LogP contribution in [-0.2, 0) is 0 Å². The maximum atomic E-state index is 6.68. The summed E-state index contributed by atoms with van der Waals surface area (Å²) in [6.07, 6.45) is 0. The van der Waals surface area contributed by atoms with E-state index in [9.17, 15) is 0 Å². The molecule has 0 saturated heterocycles. The van der Waals surface area contributed by atoms with Gasteiger partial charge in [-0.15, -0.1) is 11.3 Å². The fourth-order valence-electron chi connectivity index (χ4n) is 22.1. The van der Waals surface area contributed by atoms with Crippen molar-refractivity contribution in [2.75, 3.05) is 0 Å². The summed E-state index contributed by atoms with van der Waals surface area (Å²) in [5, 5.41) is 19.3. The number of hydrogen-bond acceptors (Lipinski definition) is 10. The minimum Gasteiger partial charge on any atom is -0.456 e. The van der Waals surface area contributed by atoms with Crippen LogP contribution in [0.15, 0.2) is 492 Å². The molecule has 676 valence electrons. The average Bonchev–Trinajstić information content (AvgIpc) is 1.55. The Morgan fingerprint density at radius 3 is 0.910 bits per heavy atom. The van der Waals surface area contributed by atoms with E-state index in [1.54, 1.807) is 0 Å². The molecule has 21 aromatic carbocycles. The second-order valence-corrected chi connectivity index (χ2v) is 38.0. The van der Waals surface area contributed by atoms with E-state index in [-0.39, 0.29) is 0 Å². The van der Waals surface area contributed by atoms with Gasteiger partial charge in [0.2, 0.25) is 0 Å². The normalized spacial score (nSPS) is 11.9. The van der Waals surface area contributed by atoms with Gasteiger partial charge in [0.1, 0.15) is 33.5 Å². The molecule has 10 aromatic heterocycles. The van der Waals surface area contributed by atoms with Crippen molar-refractivity contribution in [2.45, 2.75) is 0 Å². The van der Waals surface area contributed by atoms with Crippen LogP contribution in [0, 0.1) is 0 Å². The summed E-state index contributed by atoms with van der Waals surface area (Å²) in [6.45, 7) is 0. The molecule has 10 heterocycles. The lowest BCUT2D eigenvalue weighted by atomic mass is 10.0. The molecule has 0 spiro atoms. The van der Waals surface area contributed by atoms with Crippen molar-refractivity contribution in [3.63, 3.8) is 0 Å². The highest BCUT2D eigenvalue weighted by molar-refractivity contribution is 7.26. The zero-order valence-corrected chi connectivity index (χ0v) is 78.6. The lowest BCUT2D eigenvalue weighted by molar-refractivity contribution is 0.668. The fourth-order valence-corrected chi connectivity index (χ4v) is 23.3. The fraction of sp³-hybridized carbons (Fsp3) is 0. The number of aromatic nitrogens is 9. The molecular formula is C132H79N9O3S. The molecule has 0 atom stereocenters. The van der Waals surface area contributed by atoms with Gasteiger partial charge in [-0.1, -0.05) is 346 Å². The van der Waals surface area contributed by atoms with Gasteiger partial charge in [-0.25, -0.2) is 29.9 Å². The second-order valence-electron chi connectivity index (χ2n) is 36.9. The van der Waals surface area contributed by atoms with Crippen LogP contribution >= 0.6 is 11.3 Å². The number of nitrogens with zero attached hydrogens (tertiary/aromatic N) is 9. The van der Waals surface area contributed by atoms with Crippen LogP contribution in [0.1, 0.15) is 0 Å². The molecule has 31 aromatic rings. The largest absolute Gasteiger partial charge is 0.456 e. The van der Waals surface area contributed by atoms with Gasteiger partial charge in [-0.3, -0.25) is 0 Å². The smallest absolute Gasteiger partial charge is 0.161 e. The van der Waals surface area contributed by atoms with E-state index in [1.807, 2.05) is 121 Å². The summed E-state index contributed by atoms with van der Waals surface area (Å²) in [7, 11) is 0. The van der Waals surface area contributed by atoms with Crippen LogP contribution in [0.25, 0.3) is 291 Å². The molecule has 0 aliphatic carbocycles. The predicted molar refractivity (Wildman–Crippen MR) is 600 cm³/mol. The van der Waals surface area contributed by atoms with Gasteiger partial charge in [0.05, 0.1) is 66.7 Å². The maximum absolute atomic E-state index is 6.68. The summed E-state index contributed by atoms with van der Waals surface area (Å²) in [6, 6.07) is 168. The summed E-state index contributed by atoms with van der Waals surface area (Å²) < 4.78 is 29.5. The van der Waals surface area contributed by atoms with Crippen molar-refractivity contribution in [3.8, 4) is 107 Å². The number of hydrogen-bond donors (Lipinski definition) is 0. The molecule has 0 fully saturated rings. The summed E-state index contributed by atoms with van der Waals surface area (Å²) >= 11 is 1.88. The maximum Gasteiger partial charge on any atom is 0.161 e.